The standard InChI is InChI=1S/C11H18O3/c12-11(13)10(9-5-6-9)14-7-8-3-1-2-4-8/h8-10H,1-7H2,(H,12,13). The summed E-state index contributed by atoms with van der Waals surface area (Å²) in [6.45, 7) is 0.660. The Morgan fingerprint density at radius 1 is 1.29 bits per heavy atom. The molecule has 2 rings (SSSR count). The van der Waals surface area contributed by atoms with E-state index in [4.69, 9.17) is 9.84 Å². The van der Waals surface area contributed by atoms with Gasteiger partial charge in [0.15, 0.2) is 6.10 Å². The van der Waals surface area contributed by atoms with Crippen LogP contribution in [0.15, 0.2) is 0 Å². The summed E-state index contributed by atoms with van der Waals surface area (Å²) in [6, 6.07) is 0. The van der Waals surface area contributed by atoms with E-state index in [9.17, 15) is 4.79 Å². The third kappa shape index (κ3) is 2.47. The lowest BCUT2D eigenvalue weighted by Gasteiger charge is -2.15. The summed E-state index contributed by atoms with van der Waals surface area (Å²) in [5.74, 6) is 0.148. The Bertz CT molecular complexity index is 205. The Labute approximate surface area is 84.4 Å². The Morgan fingerprint density at radius 3 is 2.43 bits per heavy atom. The number of rotatable bonds is 5. The van der Waals surface area contributed by atoms with E-state index in [2.05, 4.69) is 0 Å². The molecule has 2 aliphatic rings. The molecule has 2 fully saturated rings. The second kappa shape index (κ2) is 4.30. The van der Waals surface area contributed by atoms with Crippen molar-refractivity contribution in [3.63, 3.8) is 0 Å². The second-order valence-corrected chi connectivity index (χ2v) is 4.58. The Morgan fingerprint density at radius 2 is 1.93 bits per heavy atom. The van der Waals surface area contributed by atoms with E-state index in [1.165, 1.54) is 25.7 Å². The van der Waals surface area contributed by atoms with E-state index >= 15 is 0 Å². The fraction of sp³-hybridized carbons (Fsp3) is 0.909. The highest BCUT2D eigenvalue weighted by Crippen LogP contribution is 2.35. The molecule has 0 saturated heterocycles. The zero-order valence-corrected chi connectivity index (χ0v) is 8.45. The van der Waals surface area contributed by atoms with Crippen molar-refractivity contribution in [2.45, 2.75) is 44.6 Å². The first-order valence-corrected chi connectivity index (χ1v) is 5.62. The van der Waals surface area contributed by atoms with Crippen LogP contribution in [0.1, 0.15) is 38.5 Å². The molecular weight excluding hydrogens is 180 g/mol. The van der Waals surface area contributed by atoms with Gasteiger partial charge in [0.25, 0.3) is 0 Å². The summed E-state index contributed by atoms with van der Waals surface area (Å²) < 4.78 is 5.51. The number of aliphatic carboxylic acids is 1. The van der Waals surface area contributed by atoms with Crippen LogP contribution in [0.2, 0.25) is 0 Å². The molecule has 0 aromatic carbocycles. The lowest BCUT2D eigenvalue weighted by Crippen LogP contribution is -2.28. The predicted octanol–water partition coefficient (Wildman–Crippen LogP) is 2.06. The van der Waals surface area contributed by atoms with Gasteiger partial charge in [0.05, 0.1) is 6.61 Å². The van der Waals surface area contributed by atoms with Crippen molar-refractivity contribution in [1.29, 1.82) is 0 Å². The third-order valence-electron chi connectivity index (χ3n) is 3.28. The SMILES string of the molecule is O=C(O)C(OCC1CCCC1)C1CC1. The second-order valence-electron chi connectivity index (χ2n) is 4.58. The van der Waals surface area contributed by atoms with Crippen LogP contribution in [-0.2, 0) is 9.53 Å². The van der Waals surface area contributed by atoms with Crippen molar-refractivity contribution < 1.29 is 14.6 Å². The van der Waals surface area contributed by atoms with E-state index in [1.54, 1.807) is 0 Å². The summed E-state index contributed by atoms with van der Waals surface area (Å²) in [5, 5.41) is 8.93. The van der Waals surface area contributed by atoms with Crippen molar-refractivity contribution >= 4 is 5.97 Å². The van der Waals surface area contributed by atoms with Crippen molar-refractivity contribution in [3.05, 3.63) is 0 Å². The van der Waals surface area contributed by atoms with Crippen LogP contribution in [0.25, 0.3) is 0 Å². The molecule has 2 aliphatic carbocycles. The molecule has 1 N–H and O–H groups in total. The van der Waals surface area contributed by atoms with Crippen LogP contribution < -0.4 is 0 Å². The number of hydrogen-bond acceptors (Lipinski definition) is 2. The minimum absolute atomic E-state index is 0.300. The Hall–Kier alpha value is -0.570. The van der Waals surface area contributed by atoms with Crippen LogP contribution >= 0.6 is 0 Å². The molecule has 0 bridgehead atoms. The topological polar surface area (TPSA) is 46.5 Å². The first-order valence-electron chi connectivity index (χ1n) is 5.62. The normalized spacial score (nSPS) is 25.1. The van der Waals surface area contributed by atoms with Crippen LogP contribution in [0, 0.1) is 11.8 Å². The molecule has 1 unspecified atom stereocenters. The molecule has 0 aromatic rings. The molecule has 3 nitrogen and oxygen atoms in total. The number of carboxylic acid groups (broad SMARTS) is 1. The van der Waals surface area contributed by atoms with E-state index in [0.717, 1.165) is 12.8 Å². The zero-order chi connectivity index (χ0) is 9.97. The van der Waals surface area contributed by atoms with Crippen molar-refractivity contribution in [2.75, 3.05) is 6.61 Å². The van der Waals surface area contributed by atoms with E-state index in [1.807, 2.05) is 0 Å². The van der Waals surface area contributed by atoms with Crippen LogP contribution in [0.5, 0.6) is 0 Å². The lowest BCUT2D eigenvalue weighted by atomic mass is 10.1. The molecule has 14 heavy (non-hydrogen) atoms. The first-order chi connectivity index (χ1) is 6.77. The molecular formula is C11H18O3. The van der Waals surface area contributed by atoms with Gasteiger partial charge in [-0.15, -0.1) is 0 Å². The number of ether oxygens (including phenoxy) is 1. The summed E-state index contributed by atoms with van der Waals surface area (Å²) >= 11 is 0. The van der Waals surface area contributed by atoms with Crippen LogP contribution in [-0.4, -0.2) is 23.8 Å². The monoisotopic (exact) mass is 198 g/mol. The Kier molecular flexibility index (Phi) is 3.06. The van der Waals surface area contributed by atoms with Crippen molar-refractivity contribution in [3.8, 4) is 0 Å². The molecule has 0 aliphatic heterocycles. The quantitative estimate of drug-likeness (QED) is 0.735. The minimum atomic E-state index is -0.773. The molecule has 0 heterocycles. The first kappa shape index (κ1) is 9.97. The number of carbonyl (C=O) groups is 1. The van der Waals surface area contributed by atoms with Gasteiger partial charge in [-0.2, -0.15) is 0 Å². The highest BCUT2D eigenvalue weighted by molar-refractivity contribution is 5.73. The van der Waals surface area contributed by atoms with Gasteiger partial charge in [0.1, 0.15) is 0 Å². The average Bonchev–Trinajstić information content (AvgIpc) is 2.82. The molecule has 80 valence electrons. The number of carboxylic acids is 1. The van der Waals surface area contributed by atoms with Gasteiger partial charge >= 0.3 is 5.97 Å². The molecule has 0 spiro atoms. The molecule has 0 radical (unpaired) electrons. The number of hydrogen-bond donors (Lipinski definition) is 1. The summed E-state index contributed by atoms with van der Waals surface area (Å²) in [7, 11) is 0. The van der Waals surface area contributed by atoms with Crippen LogP contribution in [0.3, 0.4) is 0 Å². The summed E-state index contributed by atoms with van der Waals surface area (Å²) in [5.41, 5.74) is 0. The third-order valence-corrected chi connectivity index (χ3v) is 3.28. The predicted molar refractivity (Wildman–Crippen MR) is 52.1 cm³/mol. The largest absolute Gasteiger partial charge is 0.479 e. The zero-order valence-electron chi connectivity index (χ0n) is 8.45. The van der Waals surface area contributed by atoms with Crippen LogP contribution in [0.4, 0.5) is 0 Å². The van der Waals surface area contributed by atoms with Gasteiger partial charge in [-0.3, -0.25) is 0 Å². The highest BCUT2D eigenvalue weighted by atomic mass is 16.5. The molecule has 0 amide bonds. The maximum atomic E-state index is 10.9. The van der Waals surface area contributed by atoms with Gasteiger partial charge in [-0.1, -0.05) is 12.8 Å². The maximum Gasteiger partial charge on any atom is 0.333 e. The fourth-order valence-electron chi connectivity index (χ4n) is 2.22. The van der Waals surface area contributed by atoms with Gasteiger partial charge in [-0.05, 0) is 37.5 Å². The summed E-state index contributed by atoms with van der Waals surface area (Å²) in [6.07, 6.45) is 6.55. The Balaban J connectivity index is 1.73. The smallest absolute Gasteiger partial charge is 0.333 e. The van der Waals surface area contributed by atoms with Gasteiger partial charge in [-0.25, -0.2) is 4.79 Å². The fourth-order valence-corrected chi connectivity index (χ4v) is 2.22. The van der Waals surface area contributed by atoms with Gasteiger partial charge in [0.2, 0.25) is 0 Å². The maximum absolute atomic E-state index is 10.9. The van der Waals surface area contributed by atoms with E-state index < -0.39 is 12.1 Å². The molecule has 0 aromatic heterocycles. The summed E-state index contributed by atoms with van der Waals surface area (Å²) in [4.78, 5) is 10.9. The molecule has 1 atom stereocenters. The van der Waals surface area contributed by atoms with E-state index in [-0.39, 0.29) is 0 Å². The molecule has 3 heteroatoms. The van der Waals surface area contributed by atoms with E-state index in [0.29, 0.717) is 18.4 Å². The van der Waals surface area contributed by atoms with Gasteiger partial charge in [0, 0.05) is 0 Å². The van der Waals surface area contributed by atoms with Gasteiger partial charge < -0.3 is 9.84 Å². The average molecular weight is 198 g/mol. The van der Waals surface area contributed by atoms with Crippen molar-refractivity contribution in [1.82, 2.24) is 0 Å². The minimum Gasteiger partial charge on any atom is -0.479 e. The molecule has 2 saturated carbocycles. The lowest BCUT2D eigenvalue weighted by molar-refractivity contribution is -0.152. The van der Waals surface area contributed by atoms with Crippen molar-refractivity contribution in [2.24, 2.45) is 11.8 Å². The highest BCUT2D eigenvalue weighted by Gasteiger charge is 2.37.